The Morgan fingerprint density at radius 3 is 2.64 bits per heavy atom. The molecule has 0 aromatic heterocycles. The molecule has 0 fully saturated rings. The van der Waals surface area contributed by atoms with Gasteiger partial charge in [0.25, 0.3) is 0 Å². The zero-order valence-corrected chi connectivity index (χ0v) is 7.79. The van der Waals surface area contributed by atoms with Crippen LogP contribution >= 0.6 is 0 Å². The molecule has 0 bridgehead atoms. The van der Waals surface area contributed by atoms with Crippen molar-refractivity contribution in [3.63, 3.8) is 0 Å². The van der Waals surface area contributed by atoms with Gasteiger partial charge in [-0.25, -0.2) is 4.39 Å². The third-order valence-corrected chi connectivity index (χ3v) is 2.42. The number of allylic oxidation sites excluding steroid dienone is 2. The van der Waals surface area contributed by atoms with E-state index >= 15 is 0 Å². The van der Waals surface area contributed by atoms with Gasteiger partial charge in [-0.3, -0.25) is 4.79 Å². The van der Waals surface area contributed by atoms with Crippen molar-refractivity contribution in [2.75, 3.05) is 0 Å². The molecule has 0 atom stereocenters. The summed E-state index contributed by atoms with van der Waals surface area (Å²) in [5.74, 6) is -0.136. The second-order valence-corrected chi connectivity index (χ2v) is 3.47. The zero-order chi connectivity index (χ0) is 9.97. The van der Waals surface area contributed by atoms with Gasteiger partial charge in [0, 0.05) is 12.0 Å². The Morgan fingerprint density at radius 2 is 1.93 bits per heavy atom. The van der Waals surface area contributed by atoms with Gasteiger partial charge < -0.3 is 0 Å². The molecule has 1 aromatic rings. The number of rotatable bonds is 1. The topological polar surface area (TPSA) is 17.1 Å². The summed E-state index contributed by atoms with van der Waals surface area (Å²) >= 11 is 0. The molecule has 1 aliphatic rings. The van der Waals surface area contributed by atoms with E-state index in [0.29, 0.717) is 12.0 Å². The van der Waals surface area contributed by atoms with Crippen LogP contribution in [0.5, 0.6) is 0 Å². The molecule has 2 rings (SSSR count). The zero-order valence-electron chi connectivity index (χ0n) is 7.79. The van der Waals surface area contributed by atoms with Crippen LogP contribution in [0.3, 0.4) is 0 Å². The third kappa shape index (κ3) is 1.74. The average molecular weight is 190 g/mol. The minimum absolute atomic E-state index is 0.106. The molecule has 2 heteroatoms. The standard InChI is InChI=1S/C12H11FO/c13-12-7-2-1-6-11(12)9-4-3-5-10(14)8-9/h1-2,6-8H,3-5H2. The molecule has 0 aliphatic heterocycles. The van der Waals surface area contributed by atoms with Crippen molar-refractivity contribution in [1.29, 1.82) is 0 Å². The van der Waals surface area contributed by atoms with E-state index in [1.165, 1.54) is 6.07 Å². The van der Waals surface area contributed by atoms with Crippen molar-refractivity contribution in [3.8, 4) is 0 Å². The molecule has 0 N–H and O–H groups in total. The van der Waals surface area contributed by atoms with Crippen molar-refractivity contribution in [1.82, 2.24) is 0 Å². The largest absolute Gasteiger partial charge is 0.295 e. The van der Waals surface area contributed by atoms with Crippen LogP contribution in [0.25, 0.3) is 5.57 Å². The Labute approximate surface area is 82.3 Å². The highest BCUT2D eigenvalue weighted by Crippen LogP contribution is 2.26. The number of hydrogen-bond donors (Lipinski definition) is 0. The van der Waals surface area contributed by atoms with Crippen molar-refractivity contribution in [2.45, 2.75) is 19.3 Å². The maximum Gasteiger partial charge on any atom is 0.155 e. The fourth-order valence-corrected chi connectivity index (χ4v) is 1.73. The second-order valence-electron chi connectivity index (χ2n) is 3.47. The van der Waals surface area contributed by atoms with E-state index in [0.717, 1.165) is 18.4 Å². The molecule has 0 heterocycles. The fourth-order valence-electron chi connectivity index (χ4n) is 1.73. The van der Waals surface area contributed by atoms with Crippen LogP contribution in [-0.2, 0) is 4.79 Å². The molecule has 1 nitrogen and oxygen atoms in total. The quantitative estimate of drug-likeness (QED) is 0.665. The summed E-state index contributed by atoms with van der Waals surface area (Å²) in [5, 5.41) is 0. The van der Waals surface area contributed by atoms with Gasteiger partial charge in [-0.2, -0.15) is 0 Å². The fraction of sp³-hybridized carbons (Fsp3) is 0.250. The first-order valence-corrected chi connectivity index (χ1v) is 4.75. The maximum absolute atomic E-state index is 13.3. The first-order chi connectivity index (χ1) is 6.77. The van der Waals surface area contributed by atoms with Gasteiger partial charge in [-0.05, 0) is 30.6 Å². The summed E-state index contributed by atoms with van der Waals surface area (Å²) in [6.07, 6.45) is 3.80. The minimum atomic E-state index is -0.242. The lowest BCUT2D eigenvalue weighted by Gasteiger charge is -2.12. The molecule has 0 radical (unpaired) electrons. The molecule has 72 valence electrons. The highest BCUT2D eigenvalue weighted by Gasteiger charge is 2.13. The van der Waals surface area contributed by atoms with Crippen LogP contribution in [0.2, 0.25) is 0 Å². The van der Waals surface area contributed by atoms with Crippen LogP contribution in [-0.4, -0.2) is 5.78 Å². The van der Waals surface area contributed by atoms with Gasteiger partial charge in [-0.1, -0.05) is 18.2 Å². The van der Waals surface area contributed by atoms with Crippen molar-refractivity contribution in [3.05, 3.63) is 41.7 Å². The lowest BCUT2D eigenvalue weighted by molar-refractivity contribution is -0.114. The van der Waals surface area contributed by atoms with Gasteiger partial charge >= 0.3 is 0 Å². The molecule has 0 saturated carbocycles. The van der Waals surface area contributed by atoms with Crippen LogP contribution in [0.1, 0.15) is 24.8 Å². The van der Waals surface area contributed by atoms with Gasteiger partial charge in [0.1, 0.15) is 5.82 Å². The summed E-state index contributed by atoms with van der Waals surface area (Å²) in [4.78, 5) is 11.2. The van der Waals surface area contributed by atoms with Gasteiger partial charge in [-0.15, -0.1) is 0 Å². The summed E-state index contributed by atoms with van der Waals surface area (Å²) in [6.45, 7) is 0. The van der Waals surface area contributed by atoms with Gasteiger partial charge in [0.15, 0.2) is 5.78 Å². The van der Waals surface area contributed by atoms with E-state index < -0.39 is 0 Å². The lowest BCUT2D eigenvalue weighted by Crippen LogP contribution is -2.03. The molecule has 0 unspecified atom stereocenters. The molecule has 0 amide bonds. The third-order valence-electron chi connectivity index (χ3n) is 2.42. The smallest absolute Gasteiger partial charge is 0.155 e. The number of carbonyl (C=O) groups excluding carboxylic acids is 1. The molecule has 0 spiro atoms. The van der Waals surface area contributed by atoms with Crippen LogP contribution in [0.4, 0.5) is 4.39 Å². The first kappa shape index (κ1) is 9.13. The predicted octanol–water partition coefficient (Wildman–Crippen LogP) is 2.96. The van der Waals surface area contributed by atoms with Crippen molar-refractivity contribution < 1.29 is 9.18 Å². The summed E-state index contributed by atoms with van der Waals surface area (Å²) in [6, 6.07) is 6.59. The Kier molecular flexibility index (Phi) is 2.44. The van der Waals surface area contributed by atoms with Gasteiger partial charge in [0.2, 0.25) is 0 Å². The highest BCUT2D eigenvalue weighted by atomic mass is 19.1. The monoisotopic (exact) mass is 190 g/mol. The summed E-state index contributed by atoms with van der Waals surface area (Å²) < 4.78 is 13.3. The number of carbonyl (C=O) groups is 1. The number of halogens is 1. The maximum atomic E-state index is 13.3. The highest BCUT2D eigenvalue weighted by molar-refractivity contribution is 5.98. The molecule has 1 aliphatic carbocycles. The molecule has 14 heavy (non-hydrogen) atoms. The van der Waals surface area contributed by atoms with Gasteiger partial charge in [0.05, 0.1) is 0 Å². The Morgan fingerprint density at radius 1 is 1.14 bits per heavy atom. The van der Waals surface area contributed by atoms with Crippen molar-refractivity contribution >= 4 is 11.4 Å². The first-order valence-electron chi connectivity index (χ1n) is 4.75. The van der Waals surface area contributed by atoms with E-state index in [2.05, 4.69) is 0 Å². The average Bonchev–Trinajstić information content (AvgIpc) is 2.18. The summed E-state index contributed by atoms with van der Waals surface area (Å²) in [5.41, 5.74) is 1.40. The summed E-state index contributed by atoms with van der Waals surface area (Å²) in [7, 11) is 0. The Balaban J connectivity index is 2.40. The Bertz CT molecular complexity index is 393. The predicted molar refractivity (Wildman–Crippen MR) is 53.2 cm³/mol. The molecular formula is C12H11FO. The second kappa shape index (κ2) is 3.74. The molecular weight excluding hydrogens is 179 g/mol. The normalized spacial score (nSPS) is 16.6. The van der Waals surface area contributed by atoms with E-state index in [4.69, 9.17) is 0 Å². The number of benzene rings is 1. The minimum Gasteiger partial charge on any atom is -0.295 e. The van der Waals surface area contributed by atoms with Crippen molar-refractivity contribution in [2.24, 2.45) is 0 Å². The van der Waals surface area contributed by atoms with Crippen LogP contribution in [0.15, 0.2) is 30.3 Å². The van der Waals surface area contributed by atoms with E-state index in [9.17, 15) is 9.18 Å². The lowest BCUT2D eigenvalue weighted by atomic mass is 9.93. The van der Waals surface area contributed by atoms with E-state index in [1.54, 1.807) is 24.3 Å². The Hall–Kier alpha value is -1.44. The van der Waals surface area contributed by atoms with E-state index in [-0.39, 0.29) is 11.6 Å². The molecule has 1 aromatic carbocycles. The van der Waals surface area contributed by atoms with E-state index in [1.807, 2.05) is 0 Å². The SMILES string of the molecule is O=C1C=C(c2ccccc2F)CCC1. The number of hydrogen-bond acceptors (Lipinski definition) is 1. The molecule has 0 saturated heterocycles. The van der Waals surface area contributed by atoms with Crippen LogP contribution < -0.4 is 0 Å². The number of ketones is 1. The van der Waals surface area contributed by atoms with Crippen LogP contribution in [0, 0.1) is 5.82 Å².